The summed E-state index contributed by atoms with van der Waals surface area (Å²) in [6.45, 7) is 31.0. The van der Waals surface area contributed by atoms with E-state index in [1.54, 1.807) is 24.3 Å². The molecule has 9 heteroatoms. The van der Waals surface area contributed by atoms with E-state index in [9.17, 15) is 8.42 Å². The summed E-state index contributed by atoms with van der Waals surface area (Å²) in [4.78, 5) is 0.348. The van der Waals surface area contributed by atoms with E-state index in [2.05, 4.69) is 67.7 Å². The second-order valence-electron chi connectivity index (χ2n) is 14.0. The van der Waals surface area contributed by atoms with Gasteiger partial charge in [0.05, 0.1) is 16.8 Å². The summed E-state index contributed by atoms with van der Waals surface area (Å²) in [5.74, 6) is -1.20. The summed E-state index contributed by atoms with van der Waals surface area (Å²) in [6.07, 6.45) is -0.438. The van der Waals surface area contributed by atoms with Crippen LogP contribution in [0.5, 0.6) is 0 Å². The van der Waals surface area contributed by atoms with Crippen LogP contribution in [-0.2, 0) is 28.2 Å². The standard InChI is InChI=1S/C30H58O6SSi2/c1-15-33-30(10,34-16-2)27(36-39(13,14)29(7,8)9)26(35-38(11,12)28(4,5)6)22-24(3)23-37(31,32)25-20-18-17-19-21-25/h17-21,24,26-27H,15-16,22-23H2,1-14H3/t24-,26+,27+/m1/s1. The Morgan fingerprint density at radius 2 is 1.21 bits per heavy atom. The molecule has 0 aliphatic carbocycles. The number of hydrogen-bond donors (Lipinski definition) is 0. The zero-order valence-electron chi connectivity index (χ0n) is 27.3. The maximum Gasteiger partial charge on any atom is 0.193 e. The number of benzene rings is 1. The number of rotatable bonds is 15. The van der Waals surface area contributed by atoms with Crippen molar-refractivity contribution in [2.45, 2.75) is 135 Å². The van der Waals surface area contributed by atoms with Crippen molar-refractivity contribution < 1.29 is 26.7 Å². The van der Waals surface area contributed by atoms with Gasteiger partial charge in [-0.15, -0.1) is 0 Å². The lowest BCUT2D eigenvalue weighted by Crippen LogP contribution is -2.61. The average molecular weight is 603 g/mol. The normalized spacial score (nSPS) is 16.7. The lowest BCUT2D eigenvalue weighted by Gasteiger charge is -2.50. The minimum atomic E-state index is -3.46. The maximum atomic E-state index is 13.3. The Bertz CT molecular complexity index is 975. The van der Waals surface area contributed by atoms with Crippen molar-refractivity contribution in [2.75, 3.05) is 19.0 Å². The predicted octanol–water partition coefficient (Wildman–Crippen LogP) is 8.06. The van der Waals surface area contributed by atoms with Crippen molar-refractivity contribution in [1.29, 1.82) is 0 Å². The minimum Gasteiger partial charge on any atom is -0.411 e. The van der Waals surface area contributed by atoms with E-state index in [0.29, 0.717) is 24.5 Å². The monoisotopic (exact) mass is 602 g/mol. The molecular weight excluding hydrogens is 545 g/mol. The molecule has 0 amide bonds. The van der Waals surface area contributed by atoms with E-state index < -0.39 is 44.5 Å². The van der Waals surface area contributed by atoms with Crippen molar-refractivity contribution >= 4 is 26.5 Å². The summed E-state index contributed by atoms with van der Waals surface area (Å²) in [5, 5.41) is -0.0892. The van der Waals surface area contributed by atoms with Crippen molar-refractivity contribution in [3.05, 3.63) is 30.3 Å². The third kappa shape index (κ3) is 10.0. The van der Waals surface area contributed by atoms with Crippen LogP contribution >= 0.6 is 0 Å². The number of hydrogen-bond acceptors (Lipinski definition) is 6. The highest BCUT2D eigenvalue weighted by Crippen LogP contribution is 2.44. The maximum absolute atomic E-state index is 13.3. The van der Waals surface area contributed by atoms with Crippen LogP contribution in [0, 0.1) is 5.92 Å². The minimum absolute atomic E-state index is 0.0289. The molecule has 6 nitrogen and oxygen atoms in total. The quantitative estimate of drug-likeness (QED) is 0.149. The first-order chi connectivity index (χ1) is 17.5. The summed E-state index contributed by atoms with van der Waals surface area (Å²) in [5.41, 5.74) is 0. The number of sulfone groups is 1. The van der Waals surface area contributed by atoms with Gasteiger partial charge in [-0.2, -0.15) is 0 Å². The van der Waals surface area contributed by atoms with Gasteiger partial charge in [0.15, 0.2) is 32.3 Å². The fourth-order valence-corrected chi connectivity index (χ4v) is 8.48. The highest BCUT2D eigenvalue weighted by molar-refractivity contribution is 7.91. The van der Waals surface area contributed by atoms with E-state index >= 15 is 0 Å². The average Bonchev–Trinajstić information content (AvgIpc) is 2.76. The second kappa shape index (κ2) is 13.6. The Labute approximate surface area is 242 Å². The topological polar surface area (TPSA) is 71.1 Å². The first-order valence-corrected chi connectivity index (χ1v) is 21.9. The van der Waals surface area contributed by atoms with E-state index in [0.717, 1.165) is 0 Å². The van der Waals surface area contributed by atoms with Crippen molar-refractivity contribution in [2.24, 2.45) is 5.92 Å². The molecule has 228 valence electrons. The molecule has 1 aromatic carbocycles. The molecule has 0 fully saturated rings. The van der Waals surface area contributed by atoms with E-state index in [1.807, 2.05) is 33.8 Å². The molecule has 0 aliphatic rings. The van der Waals surface area contributed by atoms with Crippen LogP contribution < -0.4 is 0 Å². The van der Waals surface area contributed by atoms with Gasteiger partial charge in [-0.05, 0) is 81.5 Å². The first kappa shape index (κ1) is 36.5. The molecule has 0 heterocycles. The SMILES string of the molecule is CCOC(C)(OCC)[C@@H](O[Si](C)(C)C(C)(C)C)[C@H](C[C@@H](C)CS(=O)(=O)c1ccccc1)O[Si](C)(C)C(C)(C)C. The van der Waals surface area contributed by atoms with Gasteiger partial charge in [0, 0.05) is 13.2 Å². The van der Waals surface area contributed by atoms with Crippen molar-refractivity contribution in [3.63, 3.8) is 0 Å². The Morgan fingerprint density at radius 1 is 0.769 bits per heavy atom. The van der Waals surface area contributed by atoms with Crippen molar-refractivity contribution in [3.8, 4) is 0 Å². The first-order valence-electron chi connectivity index (χ1n) is 14.4. The molecule has 3 atom stereocenters. The Balaban J connectivity index is 3.64. The van der Waals surface area contributed by atoms with Crippen LogP contribution in [0.3, 0.4) is 0 Å². The second-order valence-corrected chi connectivity index (χ2v) is 25.6. The van der Waals surface area contributed by atoms with Gasteiger partial charge < -0.3 is 18.3 Å². The molecule has 0 saturated carbocycles. The lowest BCUT2D eigenvalue weighted by atomic mass is 9.97. The van der Waals surface area contributed by atoms with Gasteiger partial charge in [-0.1, -0.05) is 66.7 Å². The largest absolute Gasteiger partial charge is 0.411 e. The van der Waals surface area contributed by atoms with Crippen LogP contribution in [0.2, 0.25) is 36.3 Å². The molecule has 0 N–H and O–H groups in total. The summed E-state index contributed by atoms with van der Waals surface area (Å²) in [7, 11) is -8.06. The third-order valence-electron chi connectivity index (χ3n) is 8.44. The molecule has 0 aromatic heterocycles. The molecule has 0 saturated heterocycles. The summed E-state index contributed by atoms with van der Waals surface area (Å²) >= 11 is 0. The molecule has 0 radical (unpaired) electrons. The summed E-state index contributed by atoms with van der Waals surface area (Å²) in [6, 6.07) is 8.68. The van der Waals surface area contributed by atoms with Gasteiger partial charge >= 0.3 is 0 Å². The lowest BCUT2D eigenvalue weighted by molar-refractivity contribution is -0.280. The van der Waals surface area contributed by atoms with E-state index in [-0.39, 0.29) is 21.7 Å². The molecular formula is C30H58O6SSi2. The van der Waals surface area contributed by atoms with E-state index in [1.165, 1.54) is 0 Å². The van der Waals surface area contributed by atoms with Gasteiger partial charge in [0.2, 0.25) is 0 Å². The Morgan fingerprint density at radius 3 is 1.62 bits per heavy atom. The highest BCUT2D eigenvalue weighted by Gasteiger charge is 2.51. The third-order valence-corrected chi connectivity index (χ3v) is 19.4. The van der Waals surface area contributed by atoms with Crippen LogP contribution in [-0.4, -0.2) is 62.0 Å². The molecule has 39 heavy (non-hydrogen) atoms. The Kier molecular flexibility index (Phi) is 12.7. The predicted molar refractivity (Wildman–Crippen MR) is 168 cm³/mol. The fraction of sp³-hybridized carbons (Fsp3) is 0.800. The fourth-order valence-electron chi connectivity index (χ4n) is 4.15. The van der Waals surface area contributed by atoms with Gasteiger partial charge in [0.25, 0.3) is 0 Å². The number of ether oxygens (including phenoxy) is 2. The highest BCUT2D eigenvalue weighted by atomic mass is 32.2. The molecule has 1 rings (SSSR count). The van der Waals surface area contributed by atoms with Crippen LogP contribution in [0.15, 0.2) is 35.2 Å². The molecule has 0 aliphatic heterocycles. The van der Waals surface area contributed by atoms with Gasteiger partial charge in [-0.25, -0.2) is 8.42 Å². The van der Waals surface area contributed by atoms with Crippen LogP contribution in [0.1, 0.15) is 75.7 Å². The zero-order chi connectivity index (χ0) is 30.5. The Hall–Kier alpha value is -0.556. The van der Waals surface area contributed by atoms with Crippen molar-refractivity contribution in [1.82, 2.24) is 0 Å². The van der Waals surface area contributed by atoms with Crippen LogP contribution in [0.4, 0.5) is 0 Å². The molecule has 0 spiro atoms. The molecule has 1 aromatic rings. The molecule has 0 unspecified atom stereocenters. The smallest absolute Gasteiger partial charge is 0.193 e. The van der Waals surface area contributed by atoms with Crippen LogP contribution in [0.25, 0.3) is 0 Å². The van der Waals surface area contributed by atoms with Gasteiger partial charge in [0.1, 0.15) is 6.10 Å². The zero-order valence-corrected chi connectivity index (χ0v) is 30.1. The summed E-state index contributed by atoms with van der Waals surface area (Å²) < 4.78 is 53.5. The molecule has 0 bridgehead atoms. The van der Waals surface area contributed by atoms with Gasteiger partial charge in [-0.3, -0.25) is 0 Å². The van der Waals surface area contributed by atoms with E-state index in [4.69, 9.17) is 18.3 Å².